The standard InChI is InChI=1S/C19H22FN5O2/c1-11-13-5-3-4-6-16(13)25-17(23-11)10-22-19(27)24-12-7-8-15(20)14(9-12)18(26)21-2/h7-9H,3-6,10H2,1-2H3,(H,21,26)(H2,22,24,27). The molecule has 1 aromatic carbocycles. The van der Waals surface area contributed by atoms with Gasteiger partial charge in [-0.05, 0) is 56.4 Å². The van der Waals surface area contributed by atoms with Gasteiger partial charge in [0, 0.05) is 24.1 Å². The largest absolute Gasteiger partial charge is 0.355 e. The first-order valence-electron chi connectivity index (χ1n) is 8.89. The molecule has 142 valence electrons. The van der Waals surface area contributed by atoms with Crippen LogP contribution >= 0.6 is 0 Å². The van der Waals surface area contributed by atoms with Crippen molar-refractivity contribution in [2.75, 3.05) is 12.4 Å². The van der Waals surface area contributed by atoms with E-state index in [2.05, 4.69) is 25.9 Å². The van der Waals surface area contributed by atoms with Crippen molar-refractivity contribution >= 4 is 17.6 Å². The maximum atomic E-state index is 13.7. The van der Waals surface area contributed by atoms with Crippen molar-refractivity contribution in [3.05, 3.63) is 52.4 Å². The normalized spacial score (nSPS) is 12.9. The smallest absolute Gasteiger partial charge is 0.319 e. The monoisotopic (exact) mass is 371 g/mol. The van der Waals surface area contributed by atoms with Crippen molar-refractivity contribution in [3.8, 4) is 0 Å². The van der Waals surface area contributed by atoms with Gasteiger partial charge in [-0.2, -0.15) is 0 Å². The summed E-state index contributed by atoms with van der Waals surface area (Å²) >= 11 is 0. The zero-order chi connectivity index (χ0) is 19.4. The van der Waals surface area contributed by atoms with E-state index in [1.54, 1.807) is 0 Å². The minimum absolute atomic E-state index is 0.135. The fourth-order valence-corrected chi connectivity index (χ4v) is 3.17. The number of carbonyl (C=O) groups is 2. The molecule has 0 aliphatic heterocycles. The molecule has 7 nitrogen and oxygen atoms in total. The van der Waals surface area contributed by atoms with Crippen LogP contribution in [0.5, 0.6) is 0 Å². The number of aromatic nitrogens is 2. The summed E-state index contributed by atoms with van der Waals surface area (Å²) < 4.78 is 13.7. The second kappa shape index (κ2) is 8.11. The van der Waals surface area contributed by atoms with Gasteiger partial charge in [0.25, 0.3) is 5.91 Å². The number of halogens is 1. The van der Waals surface area contributed by atoms with Crippen molar-refractivity contribution in [1.29, 1.82) is 0 Å². The molecule has 0 spiro atoms. The summed E-state index contributed by atoms with van der Waals surface area (Å²) in [5.41, 5.74) is 3.44. The van der Waals surface area contributed by atoms with Crippen molar-refractivity contribution in [1.82, 2.24) is 20.6 Å². The Morgan fingerprint density at radius 1 is 1.19 bits per heavy atom. The van der Waals surface area contributed by atoms with Gasteiger partial charge in [-0.15, -0.1) is 0 Å². The molecule has 0 bridgehead atoms. The highest BCUT2D eigenvalue weighted by molar-refractivity contribution is 5.96. The van der Waals surface area contributed by atoms with Crippen LogP contribution < -0.4 is 16.0 Å². The minimum atomic E-state index is -0.654. The van der Waals surface area contributed by atoms with E-state index in [4.69, 9.17) is 0 Å². The molecular weight excluding hydrogens is 349 g/mol. The predicted octanol–water partition coefficient (Wildman–Crippen LogP) is 2.48. The fourth-order valence-electron chi connectivity index (χ4n) is 3.17. The number of carbonyl (C=O) groups excluding carboxylic acids is 2. The highest BCUT2D eigenvalue weighted by Gasteiger charge is 2.16. The number of hydrogen-bond donors (Lipinski definition) is 3. The molecule has 3 rings (SSSR count). The van der Waals surface area contributed by atoms with Crippen LogP contribution in [0.1, 0.15) is 46.0 Å². The van der Waals surface area contributed by atoms with Crippen LogP contribution in [0.4, 0.5) is 14.9 Å². The molecule has 1 aliphatic carbocycles. The predicted molar refractivity (Wildman–Crippen MR) is 99.1 cm³/mol. The number of rotatable bonds is 4. The van der Waals surface area contributed by atoms with Gasteiger partial charge >= 0.3 is 6.03 Å². The minimum Gasteiger partial charge on any atom is -0.355 e. The highest BCUT2D eigenvalue weighted by atomic mass is 19.1. The summed E-state index contributed by atoms with van der Waals surface area (Å²) in [7, 11) is 1.41. The third kappa shape index (κ3) is 4.39. The molecule has 0 radical (unpaired) electrons. The van der Waals surface area contributed by atoms with Crippen LogP contribution in [-0.4, -0.2) is 29.0 Å². The van der Waals surface area contributed by atoms with E-state index in [-0.39, 0.29) is 12.1 Å². The Labute approximate surface area is 156 Å². The Morgan fingerprint density at radius 2 is 1.96 bits per heavy atom. The molecule has 3 N–H and O–H groups in total. The van der Waals surface area contributed by atoms with E-state index >= 15 is 0 Å². The lowest BCUT2D eigenvalue weighted by Crippen LogP contribution is -2.29. The lowest BCUT2D eigenvalue weighted by molar-refractivity contribution is 0.0959. The summed E-state index contributed by atoms with van der Waals surface area (Å²) in [5.74, 6) is -0.652. The molecule has 0 saturated heterocycles. The number of urea groups is 1. The van der Waals surface area contributed by atoms with Crippen molar-refractivity contribution in [2.45, 2.75) is 39.2 Å². The first kappa shape index (κ1) is 18.8. The summed E-state index contributed by atoms with van der Waals surface area (Å²) in [6.07, 6.45) is 4.23. The van der Waals surface area contributed by atoms with Crippen LogP contribution in [0.15, 0.2) is 18.2 Å². The van der Waals surface area contributed by atoms with E-state index in [9.17, 15) is 14.0 Å². The zero-order valence-corrected chi connectivity index (χ0v) is 15.4. The Hall–Kier alpha value is -3.03. The molecule has 8 heteroatoms. The van der Waals surface area contributed by atoms with Gasteiger partial charge in [0.05, 0.1) is 12.1 Å². The third-order valence-corrected chi connectivity index (χ3v) is 4.54. The second-order valence-corrected chi connectivity index (χ2v) is 6.44. The van der Waals surface area contributed by atoms with Crippen LogP contribution in [0.2, 0.25) is 0 Å². The first-order chi connectivity index (χ1) is 13.0. The summed E-state index contributed by atoms with van der Waals surface area (Å²) in [6, 6.07) is 3.33. The number of fused-ring (bicyclic) bond motifs is 1. The molecule has 0 fully saturated rings. The van der Waals surface area contributed by atoms with Gasteiger partial charge in [-0.1, -0.05) is 0 Å². The highest BCUT2D eigenvalue weighted by Crippen LogP contribution is 2.21. The summed E-state index contributed by atoms with van der Waals surface area (Å²) in [5, 5.41) is 7.63. The Morgan fingerprint density at radius 3 is 2.74 bits per heavy atom. The molecule has 1 aliphatic rings. The van der Waals surface area contributed by atoms with Crippen LogP contribution in [0, 0.1) is 12.7 Å². The molecule has 3 amide bonds. The van der Waals surface area contributed by atoms with Gasteiger partial charge < -0.3 is 16.0 Å². The zero-order valence-electron chi connectivity index (χ0n) is 15.4. The van der Waals surface area contributed by atoms with E-state index < -0.39 is 17.8 Å². The van der Waals surface area contributed by atoms with Crippen LogP contribution in [0.3, 0.4) is 0 Å². The fraction of sp³-hybridized carbons (Fsp3) is 0.368. The van der Waals surface area contributed by atoms with Gasteiger partial charge in [0.2, 0.25) is 0 Å². The molecule has 0 saturated carbocycles. The molecule has 0 unspecified atom stereocenters. The van der Waals surface area contributed by atoms with Gasteiger partial charge in [0.1, 0.15) is 11.6 Å². The quantitative estimate of drug-likeness (QED) is 0.769. The summed E-state index contributed by atoms with van der Waals surface area (Å²) in [6.45, 7) is 2.15. The number of nitrogens with zero attached hydrogens (tertiary/aromatic N) is 2. The van der Waals surface area contributed by atoms with Crippen molar-refractivity contribution in [3.63, 3.8) is 0 Å². The Balaban J connectivity index is 1.64. The van der Waals surface area contributed by atoms with Crippen LogP contribution in [0.25, 0.3) is 0 Å². The average Bonchev–Trinajstić information content (AvgIpc) is 2.67. The molecule has 27 heavy (non-hydrogen) atoms. The molecule has 1 aromatic heterocycles. The lowest BCUT2D eigenvalue weighted by Gasteiger charge is -2.17. The molecular formula is C19H22FN5O2. The number of hydrogen-bond acceptors (Lipinski definition) is 4. The topological polar surface area (TPSA) is 96.0 Å². The van der Waals surface area contributed by atoms with Gasteiger partial charge in [-0.3, -0.25) is 4.79 Å². The number of aryl methyl sites for hydroxylation is 2. The van der Waals surface area contributed by atoms with E-state index in [0.717, 1.165) is 43.1 Å². The van der Waals surface area contributed by atoms with Gasteiger partial charge in [-0.25, -0.2) is 19.2 Å². The number of amides is 3. The Kier molecular flexibility index (Phi) is 5.63. The number of nitrogens with one attached hydrogen (secondary N) is 3. The lowest BCUT2D eigenvalue weighted by atomic mass is 9.95. The first-order valence-corrected chi connectivity index (χ1v) is 8.89. The van der Waals surface area contributed by atoms with E-state index in [1.807, 2.05) is 6.92 Å². The van der Waals surface area contributed by atoms with E-state index in [1.165, 1.54) is 24.7 Å². The maximum absolute atomic E-state index is 13.7. The molecule has 0 atom stereocenters. The second-order valence-electron chi connectivity index (χ2n) is 6.44. The van der Waals surface area contributed by atoms with Crippen molar-refractivity contribution in [2.24, 2.45) is 0 Å². The van der Waals surface area contributed by atoms with E-state index in [0.29, 0.717) is 11.5 Å². The molecule has 1 heterocycles. The molecule has 2 aromatic rings. The average molecular weight is 371 g/mol. The SMILES string of the molecule is CNC(=O)c1cc(NC(=O)NCc2nc(C)c3c(n2)CCCC3)ccc1F. The summed E-state index contributed by atoms with van der Waals surface area (Å²) in [4.78, 5) is 32.8. The number of benzene rings is 1. The van der Waals surface area contributed by atoms with Gasteiger partial charge in [0.15, 0.2) is 0 Å². The van der Waals surface area contributed by atoms with Crippen molar-refractivity contribution < 1.29 is 14.0 Å². The maximum Gasteiger partial charge on any atom is 0.319 e. The number of anilines is 1. The Bertz CT molecular complexity index is 885. The third-order valence-electron chi connectivity index (χ3n) is 4.54. The van der Waals surface area contributed by atoms with Crippen LogP contribution in [-0.2, 0) is 19.4 Å².